The number of aromatic nitrogens is 1. The van der Waals surface area contributed by atoms with E-state index < -0.39 is 0 Å². The molecule has 1 aromatic heterocycles. The fourth-order valence-electron chi connectivity index (χ4n) is 1.84. The first-order valence-electron chi connectivity index (χ1n) is 6.39. The fraction of sp³-hybridized carbons (Fsp3) is 0.200. The number of rotatable bonds is 3. The number of nitrogens with zero attached hydrogens (tertiary/aromatic N) is 2. The number of urea groups is 1. The third-order valence-electron chi connectivity index (χ3n) is 3.04. The molecule has 2 rings (SSSR count). The van der Waals surface area contributed by atoms with E-state index in [1.54, 1.807) is 32.4 Å². The third kappa shape index (κ3) is 3.95. The summed E-state index contributed by atoms with van der Waals surface area (Å²) >= 11 is 3.37. The Bertz CT molecular complexity index is 695. The van der Waals surface area contributed by atoms with Crippen LogP contribution >= 0.6 is 15.9 Å². The number of amides is 2. The fourth-order valence-corrected chi connectivity index (χ4v) is 2.10. The summed E-state index contributed by atoms with van der Waals surface area (Å²) in [6, 6.07) is 10.7. The van der Waals surface area contributed by atoms with Gasteiger partial charge in [-0.1, -0.05) is 28.1 Å². The van der Waals surface area contributed by atoms with Gasteiger partial charge in [0, 0.05) is 31.3 Å². The number of benzene rings is 1. The van der Waals surface area contributed by atoms with Crippen LogP contribution in [0.1, 0.15) is 5.56 Å². The SMILES string of the molecule is CN(Cc1ccc(Br)cc1)C(=O)Nc1cccn(C)c1=O. The highest BCUT2D eigenvalue weighted by Crippen LogP contribution is 2.12. The molecule has 0 aliphatic carbocycles. The summed E-state index contributed by atoms with van der Waals surface area (Å²) in [5, 5.41) is 2.63. The van der Waals surface area contributed by atoms with Gasteiger partial charge in [-0.2, -0.15) is 0 Å². The minimum Gasteiger partial charge on any atom is -0.323 e. The smallest absolute Gasteiger partial charge is 0.322 e. The third-order valence-corrected chi connectivity index (χ3v) is 3.57. The Hall–Kier alpha value is -2.08. The summed E-state index contributed by atoms with van der Waals surface area (Å²) < 4.78 is 2.41. The summed E-state index contributed by atoms with van der Waals surface area (Å²) in [5.74, 6) is 0. The van der Waals surface area contributed by atoms with Gasteiger partial charge in [0.15, 0.2) is 0 Å². The van der Waals surface area contributed by atoms with Crippen LogP contribution in [0.2, 0.25) is 0 Å². The van der Waals surface area contributed by atoms with Gasteiger partial charge in [0.1, 0.15) is 5.69 Å². The van der Waals surface area contributed by atoms with Gasteiger partial charge in [-0.3, -0.25) is 4.79 Å². The topological polar surface area (TPSA) is 54.3 Å². The quantitative estimate of drug-likeness (QED) is 0.926. The van der Waals surface area contributed by atoms with E-state index in [0.29, 0.717) is 6.54 Å². The summed E-state index contributed by atoms with van der Waals surface area (Å²) in [4.78, 5) is 25.5. The number of hydrogen-bond acceptors (Lipinski definition) is 2. The van der Waals surface area contributed by atoms with Crippen LogP contribution in [0.15, 0.2) is 51.9 Å². The zero-order valence-electron chi connectivity index (χ0n) is 11.8. The van der Waals surface area contributed by atoms with Crippen molar-refractivity contribution in [3.05, 3.63) is 63.0 Å². The number of nitrogens with one attached hydrogen (secondary N) is 1. The van der Waals surface area contributed by atoms with E-state index >= 15 is 0 Å². The average molecular weight is 350 g/mol. The number of hydrogen-bond donors (Lipinski definition) is 1. The highest BCUT2D eigenvalue weighted by molar-refractivity contribution is 9.10. The molecule has 0 radical (unpaired) electrons. The second kappa shape index (κ2) is 6.58. The molecule has 21 heavy (non-hydrogen) atoms. The van der Waals surface area contributed by atoms with Gasteiger partial charge < -0.3 is 14.8 Å². The molecule has 0 fully saturated rings. The first kappa shape index (κ1) is 15.3. The van der Waals surface area contributed by atoms with Crippen molar-refractivity contribution < 1.29 is 4.79 Å². The Morgan fingerprint density at radius 2 is 1.95 bits per heavy atom. The molecule has 1 N–H and O–H groups in total. The second-order valence-electron chi connectivity index (χ2n) is 4.75. The molecule has 0 aliphatic heterocycles. The maximum absolute atomic E-state index is 12.1. The summed E-state index contributed by atoms with van der Waals surface area (Å²) in [6.07, 6.45) is 1.64. The molecule has 0 unspecified atom stereocenters. The average Bonchev–Trinajstić information content (AvgIpc) is 2.46. The number of pyridine rings is 1. The van der Waals surface area contributed by atoms with Crippen LogP contribution in [-0.2, 0) is 13.6 Å². The highest BCUT2D eigenvalue weighted by Gasteiger charge is 2.11. The van der Waals surface area contributed by atoms with Crippen molar-refractivity contribution in [1.82, 2.24) is 9.47 Å². The van der Waals surface area contributed by atoms with Crippen molar-refractivity contribution in [3.8, 4) is 0 Å². The molecule has 0 aliphatic rings. The first-order chi connectivity index (χ1) is 9.97. The van der Waals surface area contributed by atoms with Crippen LogP contribution in [0.3, 0.4) is 0 Å². The lowest BCUT2D eigenvalue weighted by molar-refractivity contribution is 0.220. The molecule has 1 heterocycles. The molecule has 0 bridgehead atoms. The lowest BCUT2D eigenvalue weighted by atomic mass is 10.2. The van der Waals surface area contributed by atoms with Crippen LogP contribution in [-0.4, -0.2) is 22.5 Å². The van der Waals surface area contributed by atoms with Crippen molar-refractivity contribution in [2.75, 3.05) is 12.4 Å². The van der Waals surface area contributed by atoms with Gasteiger partial charge in [0.25, 0.3) is 5.56 Å². The van der Waals surface area contributed by atoms with E-state index in [1.165, 1.54) is 9.47 Å². The van der Waals surface area contributed by atoms with Crippen LogP contribution in [0.5, 0.6) is 0 Å². The van der Waals surface area contributed by atoms with Crippen molar-refractivity contribution >= 4 is 27.6 Å². The van der Waals surface area contributed by atoms with Crippen LogP contribution in [0.4, 0.5) is 10.5 Å². The lowest BCUT2D eigenvalue weighted by Gasteiger charge is -2.18. The van der Waals surface area contributed by atoms with Gasteiger partial charge in [-0.05, 0) is 29.8 Å². The minimum atomic E-state index is -0.318. The van der Waals surface area contributed by atoms with Crippen molar-refractivity contribution in [2.45, 2.75) is 6.54 Å². The van der Waals surface area contributed by atoms with Crippen molar-refractivity contribution in [1.29, 1.82) is 0 Å². The van der Waals surface area contributed by atoms with E-state index in [0.717, 1.165) is 10.0 Å². The number of carbonyl (C=O) groups is 1. The number of aryl methyl sites for hydroxylation is 1. The van der Waals surface area contributed by atoms with Gasteiger partial charge in [0.2, 0.25) is 0 Å². The maximum Gasteiger partial charge on any atom is 0.322 e. The summed E-state index contributed by atoms with van der Waals surface area (Å²) in [6.45, 7) is 0.465. The normalized spacial score (nSPS) is 10.2. The molecule has 0 saturated carbocycles. The van der Waals surface area contributed by atoms with Gasteiger partial charge in [-0.15, -0.1) is 0 Å². The number of anilines is 1. The van der Waals surface area contributed by atoms with E-state index in [2.05, 4.69) is 21.2 Å². The first-order valence-corrected chi connectivity index (χ1v) is 7.19. The monoisotopic (exact) mass is 349 g/mol. The van der Waals surface area contributed by atoms with E-state index in [4.69, 9.17) is 0 Å². The molecule has 0 spiro atoms. The zero-order chi connectivity index (χ0) is 15.4. The molecule has 6 heteroatoms. The van der Waals surface area contributed by atoms with Crippen molar-refractivity contribution in [2.24, 2.45) is 7.05 Å². The molecule has 5 nitrogen and oxygen atoms in total. The highest BCUT2D eigenvalue weighted by atomic mass is 79.9. The number of halogens is 1. The Labute approximate surface area is 131 Å². The van der Waals surface area contributed by atoms with Crippen LogP contribution in [0.25, 0.3) is 0 Å². The molecule has 1 aromatic carbocycles. The lowest BCUT2D eigenvalue weighted by Crippen LogP contribution is -2.33. The Balaban J connectivity index is 2.04. The summed E-state index contributed by atoms with van der Waals surface area (Å²) in [5.41, 5.74) is 1.05. The van der Waals surface area contributed by atoms with Crippen LogP contribution < -0.4 is 10.9 Å². The number of carbonyl (C=O) groups excluding carboxylic acids is 1. The van der Waals surface area contributed by atoms with Crippen molar-refractivity contribution in [3.63, 3.8) is 0 Å². The predicted molar refractivity (Wildman–Crippen MR) is 86.3 cm³/mol. The standard InChI is InChI=1S/C15H16BrN3O2/c1-18-9-3-4-13(14(18)20)17-15(21)19(2)10-11-5-7-12(16)8-6-11/h3-9H,10H2,1-2H3,(H,17,21). The van der Waals surface area contributed by atoms with E-state index in [9.17, 15) is 9.59 Å². The van der Waals surface area contributed by atoms with E-state index in [-0.39, 0.29) is 17.3 Å². The minimum absolute atomic E-state index is 0.233. The predicted octanol–water partition coefficient (Wildman–Crippen LogP) is 2.81. The molecular weight excluding hydrogens is 334 g/mol. The Morgan fingerprint density at radius 1 is 1.29 bits per heavy atom. The van der Waals surface area contributed by atoms with Gasteiger partial charge in [-0.25, -0.2) is 4.79 Å². The largest absolute Gasteiger partial charge is 0.323 e. The molecule has 2 aromatic rings. The van der Waals surface area contributed by atoms with Gasteiger partial charge in [0.05, 0.1) is 0 Å². The molecular formula is C15H16BrN3O2. The van der Waals surface area contributed by atoms with Gasteiger partial charge >= 0.3 is 6.03 Å². The Morgan fingerprint density at radius 3 is 2.62 bits per heavy atom. The Kier molecular flexibility index (Phi) is 4.80. The maximum atomic E-state index is 12.1. The molecule has 110 valence electrons. The molecule has 0 saturated heterocycles. The van der Waals surface area contributed by atoms with Crippen LogP contribution in [0, 0.1) is 0 Å². The second-order valence-corrected chi connectivity index (χ2v) is 5.67. The van der Waals surface area contributed by atoms with E-state index in [1.807, 2.05) is 24.3 Å². The zero-order valence-corrected chi connectivity index (χ0v) is 13.4. The molecule has 0 atom stereocenters. The summed E-state index contributed by atoms with van der Waals surface area (Å²) in [7, 11) is 3.33. The molecule has 2 amide bonds.